The number of hydrogen-bond donors (Lipinski definition) is 1. The Balaban J connectivity index is 2.06. The summed E-state index contributed by atoms with van der Waals surface area (Å²) in [6.07, 6.45) is 1.38. The molecule has 0 atom stereocenters. The molecule has 1 heterocycles. The molecule has 1 aromatic heterocycles. The molecule has 0 bridgehead atoms. The summed E-state index contributed by atoms with van der Waals surface area (Å²) in [5.74, 6) is 0.170. The number of hydrogen-bond acceptors (Lipinski definition) is 6. The van der Waals surface area contributed by atoms with Crippen LogP contribution < -0.4 is 10.5 Å². The zero-order chi connectivity index (χ0) is 18.5. The first-order chi connectivity index (χ1) is 12.6. The number of nitrogen functional groups attached to an aromatic ring is 1. The third-order valence-corrected chi connectivity index (χ3v) is 3.70. The predicted octanol–water partition coefficient (Wildman–Crippen LogP) is 4.35. The van der Waals surface area contributed by atoms with E-state index >= 15 is 0 Å². The molecular formula is C19H16ClN3O3. The molecular weight excluding hydrogens is 354 g/mol. The van der Waals surface area contributed by atoms with E-state index in [4.69, 9.17) is 26.8 Å². The van der Waals surface area contributed by atoms with Gasteiger partial charge in [0.2, 0.25) is 5.88 Å². The fourth-order valence-electron chi connectivity index (χ4n) is 2.22. The summed E-state index contributed by atoms with van der Waals surface area (Å²) in [4.78, 5) is 20.8. The van der Waals surface area contributed by atoms with Gasteiger partial charge in [0.25, 0.3) is 0 Å². The highest BCUT2D eigenvalue weighted by Gasteiger charge is 2.19. The van der Waals surface area contributed by atoms with Crippen molar-refractivity contribution < 1.29 is 14.3 Å². The molecule has 0 radical (unpaired) electrons. The maximum atomic E-state index is 12.2. The van der Waals surface area contributed by atoms with Crippen molar-refractivity contribution in [2.24, 2.45) is 0 Å². The third-order valence-electron chi connectivity index (χ3n) is 3.46. The van der Waals surface area contributed by atoms with Gasteiger partial charge in [-0.25, -0.2) is 9.78 Å². The first-order valence-electron chi connectivity index (χ1n) is 7.91. The Morgan fingerprint density at radius 2 is 1.96 bits per heavy atom. The van der Waals surface area contributed by atoms with Gasteiger partial charge in [-0.2, -0.15) is 4.98 Å². The second-order valence-electron chi connectivity index (χ2n) is 5.28. The largest absolute Gasteiger partial charge is 0.462 e. The first kappa shape index (κ1) is 17.7. The van der Waals surface area contributed by atoms with Gasteiger partial charge in [0.05, 0.1) is 12.3 Å². The number of carbonyl (C=O) groups is 1. The van der Waals surface area contributed by atoms with Crippen LogP contribution in [0.25, 0.3) is 11.4 Å². The highest BCUT2D eigenvalue weighted by molar-refractivity contribution is 6.30. The lowest BCUT2D eigenvalue weighted by atomic mass is 10.2. The Morgan fingerprint density at radius 3 is 2.69 bits per heavy atom. The number of halogens is 1. The van der Waals surface area contributed by atoms with Crippen LogP contribution in [0.1, 0.15) is 17.3 Å². The summed E-state index contributed by atoms with van der Waals surface area (Å²) < 4.78 is 10.8. The van der Waals surface area contributed by atoms with E-state index in [0.717, 1.165) is 5.56 Å². The van der Waals surface area contributed by atoms with Gasteiger partial charge in [-0.3, -0.25) is 0 Å². The molecule has 6 nitrogen and oxygen atoms in total. The Morgan fingerprint density at radius 1 is 1.19 bits per heavy atom. The molecule has 0 saturated carbocycles. The van der Waals surface area contributed by atoms with E-state index < -0.39 is 5.97 Å². The van der Waals surface area contributed by atoms with Crippen molar-refractivity contribution in [1.29, 1.82) is 0 Å². The normalized spacial score (nSPS) is 10.4. The Labute approximate surface area is 155 Å². The van der Waals surface area contributed by atoms with Crippen molar-refractivity contribution in [3.63, 3.8) is 0 Å². The summed E-state index contributed by atoms with van der Waals surface area (Å²) in [6.45, 7) is 1.94. The van der Waals surface area contributed by atoms with Crippen LogP contribution in [-0.4, -0.2) is 22.5 Å². The van der Waals surface area contributed by atoms with E-state index in [1.165, 1.54) is 6.20 Å². The lowest BCUT2D eigenvalue weighted by Gasteiger charge is -2.12. The standard InChI is InChI=1S/C19H16ClN3O3/c1-2-25-19(24)14-11-22-17(12-6-4-3-5-7-12)23-18(14)26-16-10-13(20)8-9-15(16)21/h3-11H,2,21H2,1H3. The van der Waals surface area contributed by atoms with Gasteiger partial charge in [-0.1, -0.05) is 41.9 Å². The van der Waals surface area contributed by atoms with Crippen molar-refractivity contribution in [2.75, 3.05) is 12.3 Å². The van der Waals surface area contributed by atoms with Crippen LogP contribution in [0.15, 0.2) is 54.7 Å². The van der Waals surface area contributed by atoms with Gasteiger partial charge in [0, 0.05) is 22.8 Å². The monoisotopic (exact) mass is 369 g/mol. The molecule has 3 rings (SSSR count). The summed E-state index contributed by atoms with van der Waals surface area (Å²) in [7, 11) is 0. The number of nitrogens with zero attached hydrogens (tertiary/aromatic N) is 2. The molecule has 0 fully saturated rings. The van der Waals surface area contributed by atoms with Crippen molar-refractivity contribution in [3.05, 3.63) is 65.3 Å². The zero-order valence-corrected chi connectivity index (χ0v) is 14.7. The topological polar surface area (TPSA) is 87.3 Å². The van der Waals surface area contributed by atoms with Crippen LogP contribution >= 0.6 is 11.6 Å². The zero-order valence-electron chi connectivity index (χ0n) is 14.0. The van der Waals surface area contributed by atoms with Crippen LogP contribution in [0.3, 0.4) is 0 Å². The van der Waals surface area contributed by atoms with E-state index in [1.54, 1.807) is 25.1 Å². The molecule has 0 spiro atoms. The SMILES string of the molecule is CCOC(=O)c1cnc(-c2ccccc2)nc1Oc1cc(Cl)ccc1N. The average Bonchev–Trinajstić information content (AvgIpc) is 2.65. The van der Waals surface area contributed by atoms with E-state index in [2.05, 4.69) is 9.97 Å². The highest BCUT2D eigenvalue weighted by atomic mass is 35.5. The lowest BCUT2D eigenvalue weighted by molar-refractivity contribution is 0.0522. The van der Waals surface area contributed by atoms with E-state index in [0.29, 0.717) is 22.3 Å². The van der Waals surface area contributed by atoms with Gasteiger partial charge < -0.3 is 15.2 Å². The number of anilines is 1. The van der Waals surface area contributed by atoms with Crippen LogP contribution in [-0.2, 0) is 4.74 Å². The summed E-state index contributed by atoms with van der Waals surface area (Å²) >= 11 is 6.00. The summed E-state index contributed by atoms with van der Waals surface area (Å²) in [6, 6.07) is 14.2. The van der Waals surface area contributed by atoms with Gasteiger partial charge in [0.15, 0.2) is 11.6 Å². The molecule has 2 aromatic carbocycles. The number of esters is 1. The number of rotatable bonds is 5. The minimum absolute atomic E-state index is 0.0475. The summed E-state index contributed by atoms with van der Waals surface area (Å²) in [5.41, 5.74) is 7.18. The molecule has 0 unspecified atom stereocenters. The van der Waals surface area contributed by atoms with Crippen LogP contribution in [0, 0.1) is 0 Å². The molecule has 0 aliphatic carbocycles. The first-order valence-corrected chi connectivity index (χ1v) is 8.28. The maximum Gasteiger partial charge on any atom is 0.345 e. The number of carbonyl (C=O) groups excluding carboxylic acids is 1. The van der Waals surface area contributed by atoms with E-state index in [1.807, 2.05) is 30.3 Å². The molecule has 0 aliphatic rings. The minimum Gasteiger partial charge on any atom is -0.462 e. The van der Waals surface area contributed by atoms with E-state index in [9.17, 15) is 4.79 Å². The molecule has 0 amide bonds. The number of benzene rings is 2. The van der Waals surface area contributed by atoms with Crippen molar-refractivity contribution in [1.82, 2.24) is 9.97 Å². The molecule has 0 aliphatic heterocycles. The minimum atomic E-state index is -0.581. The quantitative estimate of drug-likeness (QED) is 0.531. The molecule has 3 aromatic rings. The van der Waals surface area contributed by atoms with Crippen LogP contribution in [0.5, 0.6) is 11.6 Å². The fourth-order valence-corrected chi connectivity index (χ4v) is 2.38. The van der Waals surface area contributed by atoms with Gasteiger partial charge in [0.1, 0.15) is 5.56 Å². The highest BCUT2D eigenvalue weighted by Crippen LogP contribution is 2.32. The fraction of sp³-hybridized carbons (Fsp3) is 0.105. The smallest absolute Gasteiger partial charge is 0.345 e. The van der Waals surface area contributed by atoms with Crippen molar-refractivity contribution in [3.8, 4) is 23.0 Å². The Hall–Kier alpha value is -3.12. The maximum absolute atomic E-state index is 12.2. The number of ether oxygens (including phenoxy) is 2. The van der Waals surface area contributed by atoms with Gasteiger partial charge >= 0.3 is 5.97 Å². The molecule has 132 valence electrons. The molecule has 26 heavy (non-hydrogen) atoms. The lowest BCUT2D eigenvalue weighted by Crippen LogP contribution is -2.09. The molecule has 2 N–H and O–H groups in total. The van der Waals surface area contributed by atoms with Crippen molar-refractivity contribution >= 4 is 23.3 Å². The Kier molecular flexibility index (Phi) is 5.34. The van der Waals surface area contributed by atoms with Crippen LogP contribution in [0.2, 0.25) is 5.02 Å². The van der Waals surface area contributed by atoms with Gasteiger partial charge in [-0.05, 0) is 19.1 Å². The summed E-state index contributed by atoms with van der Waals surface area (Å²) in [5, 5.41) is 0.448. The van der Waals surface area contributed by atoms with Crippen LogP contribution in [0.4, 0.5) is 5.69 Å². The number of aromatic nitrogens is 2. The Bertz CT molecular complexity index is 933. The third kappa shape index (κ3) is 3.92. The second kappa shape index (κ2) is 7.84. The molecule has 7 heteroatoms. The second-order valence-corrected chi connectivity index (χ2v) is 5.72. The van der Waals surface area contributed by atoms with Crippen molar-refractivity contribution in [2.45, 2.75) is 6.92 Å². The number of nitrogens with two attached hydrogens (primary N) is 1. The molecule has 0 saturated heterocycles. The van der Waals surface area contributed by atoms with Gasteiger partial charge in [-0.15, -0.1) is 0 Å². The average molecular weight is 370 g/mol. The van der Waals surface area contributed by atoms with E-state index in [-0.39, 0.29) is 18.1 Å². The predicted molar refractivity (Wildman–Crippen MR) is 99.4 cm³/mol.